The van der Waals surface area contributed by atoms with E-state index in [0.717, 1.165) is 30.7 Å². The molecule has 0 aromatic heterocycles. The Morgan fingerprint density at radius 3 is 2.32 bits per heavy atom. The Labute approximate surface area is 153 Å². The topological polar surface area (TPSA) is 40.5 Å². The zero-order valence-corrected chi connectivity index (χ0v) is 15.8. The van der Waals surface area contributed by atoms with Crippen LogP contribution in [0.3, 0.4) is 0 Å². The van der Waals surface area contributed by atoms with Crippen molar-refractivity contribution in [2.45, 2.75) is 90.0 Å². The summed E-state index contributed by atoms with van der Waals surface area (Å²) >= 11 is 0. The van der Waals surface area contributed by atoms with E-state index in [-0.39, 0.29) is 11.9 Å². The van der Waals surface area contributed by atoms with Crippen LogP contribution in [-0.4, -0.2) is 22.2 Å². The van der Waals surface area contributed by atoms with Crippen LogP contribution in [0.1, 0.15) is 83.1 Å². The average Bonchev–Trinajstić information content (AvgIpc) is 2.62. The van der Waals surface area contributed by atoms with Gasteiger partial charge in [0.1, 0.15) is 0 Å². The molecule has 0 radical (unpaired) electrons. The van der Waals surface area contributed by atoms with Gasteiger partial charge in [0.15, 0.2) is 0 Å². The molecular formula is C22H35NO2. The molecular weight excluding hydrogens is 310 g/mol. The van der Waals surface area contributed by atoms with E-state index in [4.69, 9.17) is 0 Å². The number of benzene rings is 1. The van der Waals surface area contributed by atoms with Crippen molar-refractivity contribution in [2.24, 2.45) is 5.92 Å². The molecule has 0 unspecified atom stereocenters. The highest BCUT2D eigenvalue weighted by molar-refractivity contribution is 5.76. The Kier molecular flexibility index (Phi) is 9.03. The van der Waals surface area contributed by atoms with E-state index in [9.17, 15) is 10.0 Å². The Balaban J connectivity index is 1.68. The molecule has 1 fully saturated rings. The number of amides is 1. The van der Waals surface area contributed by atoms with Gasteiger partial charge in [-0.05, 0) is 30.7 Å². The van der Waals surface area contributed by atoms with Crippen molar-refractivity contribution in [1.82, 2.24) is 5.06 Å². The van der Waals surface area contributed by atoms with E-state index in [0.29, 0.717) is 12.3 Å². The fraction of sp³-hybridized carbons (Fsp3) is 0.682. The SMILES string of the molecule is CCCCCCCCCC[C@H]1C[C@H](Cc2ccccc2)CC(=O)N1O. The van der Waals surface area contributed by atoms with Gasteiger partial charge in [0.25, 0.3) is 0 Å². The van der Waals surface area contributed by atoms with Crippen LogP contribution in [0.15, 0.2) is 30.3 Å². The second kappa shape index (κ2) is 11.3. The summed E-state index contributed by atoms with van der Waals surface area (Å²) < 4.78 is 0. The van der Waals surface area contributed by atoms with Crippen LogP contribution in [0.5, 0.6) is 0 Å². The lowest BCUT2D eigenvalue weighted by molar-refractivity contribution is -0.186. The van der Waals surface area contributed by atoms with Crippen LogP contribution in [0.2, 0.25) is 0 Å². The largest absolute Gasteiger partial charge is 0.286 e. The van der Waals surface area contributed by atoms with E-state index in [1.54, 1.807) is 0 Å². The quantitative estimate of drug-likeness (QED) is 0.409. The van der Waals surface area contributed by atoms with Crippen LogP contribution < -0.4 is 0 Å². The first-order chi connectivity index (χ1) is 12.2. The van der Waals surface area contributed by atoms with E-state index < -0.39 is 0 Å². The summed E-state index contributed by atoms with van der Waals surface area (Å²) in [6.07, 6.45) is 13.6. The Morgan fingerprint density at radius 2 is 1.64 bits per heavy atom. The average molecular weight is 346 g/mol. The minimum atomic E-state index is -0.100. The number of rotatable bonds is 11. The van der Waals surface area contributed by atoms with Crippen LogP contribution in [-0.2, 0) is 11.2 Å². The maximum Gasteiger partial charge on any atom is 0.246 e. The number of carbonyl (C=O) groups excluding carboxylic acids is 1. The zero-order chi connectivity index (χ0) is 17.9. The van der Waals surface area contributed by atoms with Gasteiger partial charge in [-0.15, -0.1) is 0 Å². The molecule has 1 amide bonds. The lowest BCUT2D eigenvalue weighted by Crippen LogP contribution is -2.44. The van der Waals surface area contributed by atoms with Gasteiger partial charge >= 0.3 is 0 Å². The molecule has 0 saturated carbocycles. The van der Waals surface area contributed by atoms with Crippen LogP contribution in [0, 0.1) is 5.92 Å². The molecule has 1 aromatic carbocycles. The van der Waals surface area contributed by atoms with Gasteiger partial charge in [0, 0.05) is 6.42 Å². The van der Waals surface area contributed by atoms with Crippen molar-refractivity contribution in [3.05, 3.63) is 35.9 Å². The summed E-state index contributed by atoms with van der Waals surface area (Å²) in [6, 6.07) is 10.4. The Bertz CT molecular complexity index is 488. The first-order valence-corrected chi connectivity index (χ1v) is 10.3. The first kappa shape index (κ1) is 20.0. The molecule has 0 aliphatic carbocycles. The molecule has 1 aliphatic heterocycles. The predicted octanol–water partition coefficient (Wildman–Crippen LogP) is 5.76. The fourth-order valence-electron chi connectivity index (χ4n) is 3.97. The highest BCUT2D eigenvalue weighted by Gasteiger charge is 2.32. The number of carbonyl (C=O) groups is 1. The minimum absolute atomic E-state index is 0.00931. The van der Waals surface area contributed by atoms with Crippen LogP contribution in [0.4, 0.5) is 0 Å². The maximum absolute atomic E-state index is 12.1. The number of nitrogens with zero attached hydrogens (tertiary/aromatic N) is 1. The lowest BCUT2D eigenvalue weighted by atomic mass is 9.85. The van der Waals surface area contributed by atoms with Crippen molar-refractivity contribution in [3.63, 3.8) is 0 Å². The van der Waals surface area contributed by atoms with E-state index >= 15 is 0 Å². The van der Waals surface area contributed by atoms with Crippen molar-refractivity contribution in [1.29, 1.82) is 0 Å². The highest BCUT2D eigenvalue weighted by atomic mass is 16.5. The third-order valence-corrected chi connectivity index (χ3v) is 5.43. The van der Waals surface area contributed by atoms with Gasteiger partial charge < -0.3 is 0 Å². The monoisotopic (exact) mass is 345 g/mol. The van der Waals surface area contributed by atoms with Crippen LogP contribution >= 0.6 is 0 Å². The molecule has 2 rings (SSSR count). The summed E-state index contributed by atoms with van der Waals surface area (Å²) in [5.41, 5.74) is 1.29. The van der Waals surface area contributed by atoms with Gasteiger partial charge in [-0.25, -0.2) is 5.06 Å². The van der Waals surface area contributed by atoms with Gasteiger partial charge in [0.2, 0.25) is 5.91 Å². The van der Waals surface area contributed by atoms with E-state index in [1.807, 2.05) is 6.07 Å². The number of hydrogen-bond acceptors (Lipinski definition) is 2. The minimum Gasteiger partial charge on any atom is -0.286 e. The summed E-state index contributed by atoms with van der Waals surface area (Å²) in [6.45, 7) is 2.25. The summed E-state index contributed by atoms with van der Waals surface area (Å²) in [4.78, 5) is 12.1. The number of unbranched alkanes of at least 4 members (excludes halogenated alkanes) is 7. The zero-order valence-electron chi connectivity index (χ0n) is 15.8. The van der Waals surface area contributed by atoms with Crippen LogP contribution in [0.25, 0.3) is 0 Å². The van der Waals surface area contributed by atoms with Crippen molar-refractivity contribution in [3.8, 4) is 0 Å². The maximum atomic E-state index is 12.1. The summed E-state index contributed by atoms with van der Waals surface area (Å²) in [5.74, 6) is 0.258. The molecule has 1 aromatic rings. The van der Waals surface area contributed by atoms with Crippen molar-refractivity contribution < 1.29 is 10.0 Å². The normalized spacial score (nSPS) is 20.9. The highest BCUT2D eigenvalue weighted by Crippen LogP contribution is 2.28. The number of piperidine rings is 1. The van der Waals surface area contributed by atoms with E-state index in [2.05, 4.69) is 31.2 Å². The molecule has 1 saturated heterocycles. The molecule has 1 N–H and O–H groups in total. The molecule has 3 nitrogen and oxygen atoms in total. The molecule has 140 valence electrons. The Hall–Kier alpha value is -1.35. The molecule has 1 aliphatic rings. The van der Waals surface area contributed by atoms with Gasteiger partial charge in [-0.3, -0.25) is 10.0 Å². The van der Waals surface area contributed by atoms with Gasteiger partial charge in [0.05, 0.1) is 6.04 Å². The molecule has 0 spiro atoms. The fourth-order valence-corrected chi connectivity index (χ4v) is 3.97. The third kappa shape index (κ3) is 7.19. The second-order valence-electron chi connectivity index (χ2n) is 7.65. The molecule has 1 heterocycles. The molecule has 25 heavy (non-hydrogen) atoms. The predicted molar refractivity (Wildman–Crippen MR) is 103 cm³/mol. The third-order valence-electron chi connectivity index (χ3n) is 5.43. The van der Waals surface area contributed by atoms with Gasteiger partial charge in [-0.1, -0.05) is 88.6 Å². The standard InChI is InChI=1S/C22H35NO2/c1-2-3-4-5-6-7-8-12-15-21-17-20(18-22(24)23(21)25)16-19-13-10-9-11-14-19/h9-11,13-14,20-21,25H,2-8,12,15-18H2,1H3/t20-,21-/m0/s1. The smallest absolute Gasteiger partial charge is 0.246 e. The summed E-state index contributed by atoms with van der Waals surface area (Å²) in [5, 5.41) is 11.1. The first-order valence-electron chi connectivity index (χ1n) is 10.3. The molecule has 0 bridgehead atoms. The molecule has 3 heteroatoms. The van der Waals surface area contributed by atoms with Crippen molar-refractivity contribution in [2.75, 3.05) is 0 Å². The van der Waals surface area contributed by atoms with Gasteiger partial charge in [-0.2, -0.15) is 0 Å². The molecule has 2 atom stereocenters. The second-order valence-corrected chi connectivity index (χ2v) is 7.65. The van der Waals surface area contributed by atoms with E-state index in [1.165, 1.54) is 50.5 Å². The summed E-state index contributed by atoms with van der Waals surface area (Å²) in [7, 11) is 0. The lowest BCUT2D eigenvalue weighted by Gasteiger charge is -2.35. The van der Waals surface area contributed by atoms with Crippen molar-refractivity contribution >= 4 is 5.91 Å². The number of hydroxylamine groups is 2. The number of hydrogen-bond donors (Lipinski definition) is 1. The Morgan fingerprint density at radius 1 is 1.00 bits per heavy atom.